The molecule has 0 amide bonds. The largest absolute Gasteiger partial charge is 0.462 e. The molecule has 0 aliphatic heterocycles. The number of benzene rings is 2. The Morgan fingerprint density at radius 1 is 1.15 bits per heavy atom. The number of nitro benzene ring substituents is 1. The molecule has 0 atom stereocenters. The zero-order valence-corrected chi connectivity index (χ0v) is 10.9. The van der Waals surface area contributed by atoms with Crippen LogP contribution < -0.4 is 0 Å². The average Bonchev–Trinajstić information content (AvgIpc) is 2.47. The monoisotopic (exact) mass is 271 g/mol. The second-order valence-electron chi connectivity index (χ2n) is 4.07. The van der Waals surface area contributed by atoms with E-state index in [4.69, 9.17) is 4.74 Å². The van der Waals surface area contributed by atoms with Crippen LogP contribution in [-0.2, 0) is 4.74 Å². The van der Waals surface area contributed by atoms with Gasteiger partial charge >= 0.3 is 5.97 Å². The Morgan fingerprint density at radius 3 is 2.40 bits per heavy atom. The average molecular weight is 271 g/mol. The maximum Gasteiger partial charge on any atom is 0.338 e. The van der Waals surface area contributed by atoms with E-state index in [1.807, 2.05) is 0 Å². The topological polar surface area (TPSA) is 69.4 Å². The van der Waals surface area contributed by atoms with Gasteiger partial charge in [-0.3, -0.25) is 10.1 Å². The van der Waals surface area contributed by atoms with Crippen molar-refractivity contribution in [2.24, 2.45) is 0 Å². The molecule has 2 aromatic carbocycles. The van der Waals surface area contributed by atoms with Crippen LogP contribution in [0.15, 0.2) is 48.5 Å². The molecular formula is C15H13NO4. The molecule has 0 unspecified atom stereocenters. The van der Waals surface area contributed by atoms with E-state index in [1.165, 1.54) is 6.07 Å². The van der Waals surface area contributed by atoms with Crippen LogP contribution in [0.25, 0.3) is 11.1 Å². The van der Waals surface area contributed by atoms with Crippen molar-refractivity contribution < 1.29 is 14.5 Å². The summed E-state index contributed by atoms with van der Waals surface area (Å²) in [4.78, 5) is 22.1. The summed E-state index contributed by atoms with van der Waals surface area (Å²) in [6.07, 6.45) is 0. The Labute approximate surface area is 116 Å². The van der Waals surface area contributed by atoms with Crippen LogP contribution in [-0.4, -0.2) is 17.5 Å². The van der Waals surface area contributed by atoms with Gasteiger partial charge in [-0.05, 0) is 30.7 Å². The van der Waals surface area contributed by atoms with Crippen LogP contribution in [0.4, 0.5) is 5.69 Å². The smallest absolute Gasteiger partial charge is 0.338 e. The minimum absolute atomic E-state index is 0.0383. The van der Waals surface area contributed by atoms with Gasteiger partial charge < -0.3 is 4.74 Å². The second-order valence-corrected chi connectivity index (χ2v) is 4.07. The third kappa shape index (κ3) is 2.83. The van der Waals surface area contributed by atoms with Gasteiger partial charge in [0, 0.05) is 6.07 Å². The molecule has 0 aliphatic carbocycles. The van der Waals surface area contributed by atoms with E-state index in [1.54, 1.807) is 49.4 Å². The number of hydrogen-bond acceptors (Lipinski definition) is 4. The van der Waals surface area contributed by atoms with E-state index in [-0.39, 0.29) is 5.69 Å². The fraction of sp³-hybridized carbons (Fsp3) is 0.133. The molecule has 5 nitrogen and oxygen atoms in total. The van der Waals surface area contributed by atoms with E-state index < -0.39 is 10.9 Å². The lowest BCUT2D eigenvalue weighted by atomic mass is 10.0. The summed E-state index contributed by atoms with van der Waals surface area (Å²) >= 11 is 0. The molecule has 0 N–H and O–H groups in total. The number of nitrogens with zero attached hydrogens (tertiary/aromatic N) is 1. The summed E-state index contributed by atoms with van der Waals surface area (Å²) in [5, 5.41) is 11.0. The van der Waals surface area contributed by atoms with E-state index >= 15 is 0 Å². The highest BCUT2D eigenvalue weighted by Gasteiger charge is 2.14. The molecule has 0 saturated carbocycles. The number of para-hydroxylation sites is 1. The van der Waals surface area contributed by atoms with Gasteiger partial charge in [-0.1, -0.05) is 24.3 Å². The normalized spacial score (nSPS) is 10.1. The van der Waals surface area contributed by atoms with Crippen LogP contribution in [0.2, 0.25) is 0 Å². The zero-order chi connectivity index (χ0) is 14.5. The Balaban J connectivity index is 2.36. The lowest BCUT2D eigenvalue weighted by Crippen LogP contribution is -2.04. The number of esters is 1. The van der Waals surface area contributed by atoms with Crippen molar-refractivity contribution in [1.29, 1.82) is 0 Å². The maximum atomic E-state index is 11.5. The standard InChI is InChI=1S/C15H13NO4/c1-2-20-15(17)12-9-7-11(8-10-12)13-5-3-4-6-14(13)16(18)19/h3-10H,2H2,1H3. The molecule has 102 valence electrons. The van der Waals surface area contributed by atoms with Gasteiger partial charge in [0.05, 0.1) is 22.7 Å². The van der Waals surface area contributed by atoms with Crippen molar-refractivity contribution in [3.63, 3.8) is 0 Å². The Kier molecular flexibility index (Phi) is 4.10. The molecule has 5 heteroatoms. The van der Waals surface area contributed by atoms with Gasteiger partial charge in [-0.25, -0.2) is 4.79 Å². The predicted molar refractivity (Wildman–Crippen MR) is 74.5 cm³/mol. The minimum Gasteiger partial charge on any atom is -0.462 e. The van der Waals surface area contributed by atoms with E-state index in [9.17, 15) is 14.9 Å². The number of hydrogen-bond donors (Lipinski definition) is 0. The fourth-order valence-electron chi connectivity index (χ4n) is 1.88. The molecule has 2 aromatic rings. The molecule has 0 saturated heterocycles. The Morgan fingerprint density at radius 2 is 1.80 bits per heavy atom. The molecule has 0 aliphatic rings. The highest BCUT2D eigenvalue weighted by molar-refractivity contribution is 5.90. The van der Waals surface area contributed by atoms with Crippen molar-refractivity contribution in [3.8, 4) is 11.1 Å². The van der Waals surface area contributed by atoms with Crippen LogP contribution in [0, 0.1) is 10.1 Å². The van der Waals surface area contributed by atoms with Crippen molar-refractivity contribution >= 4 is 11.7 Å². The number of nitro groups is 1. The lowest BCUT2D eigenvalue weighted by Gasteiger charge is -2.05. The molecule has 0 aromatic heterocycles. The molecule has 20 heavy (non-hydrogen) atoms. The molecule has 2 rings (SSSR count). The first-order chi connectivity index (χ1) is 9.63. The molecule has 0 fully saturated rings. The van der Waals surface area contributed by atoms with Gasteiger partial charge in [0.2, 0.25) is 0 Å². The first-order valence-corrected chi connectivity index (χ1v) is 6.14. The van der Waals surface area contributed by atoms with E-state index in [0.717, 1.165) is 0 Å². The summed E-state index contributed by atoms with van der Waals surface area (Å²) in [7, 11) is 0. The summed E-state index contributed by atoms with van der Waals surface area (Å²) in [5.74, 6) is -0.401. The maximum absolute atomic E-state index is 11.5. The SMILES string of the molecule is CCOC(=O)c1ccc(-c2ccccc2[N+](=O)[O-])cc1. The fourth-order valence-corrected chi connectivity index (χ4v) is 1.88. The molecule has 0 bridgehead atoms. The molecular weight excluding hydrogens is 258 g/mol. The van der Waals surface area contributed by atoms with Crippen molar-refractivity contribution in [1.82, 2.24) is 0 Å². The van der Waals surface area contributed by atoms with Crippen molar-refractivity contribution in [3.05, 3.63) is 64.2 Å². The van der Waals surface area contributed by atoms with Gasteiger partial charge in [0.15, 0.2) is 0 Å². The molecule has 0 radical (unpaired) electrons. The summed E-state index contributed by atoms with van der Waals surface area (Å²) in [5.41, 5.74) is 1.67. The summed E-state index contributed by atoms with van der Waals surface area (Å²) in [6.45, 7) is 2.05. The van der Waals surface area contributed by atoms with Gasteiger partial charge in [-0.2, -0.15) is 0 Å². The summed E-state index contributed by atoms with van der Waals surface area (Å²) < 4.78 is 4.89. The molecule has 0 heterocycles. The number of ether oxygens (including phenoxy) is 1. The molecule has 0 spiro atoms. The third-order valence-electron chi connectivity index (χ3n) is 2.81. The minimum atomic E-state index is -0.422. The van der Waals surface area contributed by atoms with Gasteiger partial charge in [0.25, 0.3) is 5.69 Å². The quantitative estimate of drug-likeness (QED) is 0.485. The first-order valence-electron chi connectivity index (χ1n) is 6.14. The number of rotatable bonds is 4. The highest BCUT2D eigenvalue weighted by atomic mass is 16.6. The Hall–Kier alpha value is -2.69. The van der Waals surface area contributed by atoms with Crippen molar-refractivity contribution in [2.75, 3.05) is 6.61 Å². The van der Waals surface area contributed by atoms with Crippen LogP contribution in [0.5, 0.6) is 0 Å². The zero-order valence-electron chi connectivity index (χ0n) is 10.9. The summed E-state index contributed by atoms with van der Waals surface area (Å²) in [6, 6.07) is 13.0. The van der Waals surface area contributed by atoms with Crippen LogP contribution in [0.1, 0.15) is 17.3 Å². The van der Waals surface area contributed by atoms with Crippen LogP contribution >= 0.6 is 0 Å². The van der Waals surface area contributed by atoms with Gasteiger partial charge in [0.1, 0.15) is 0 Å². The highest BCUT2D eigenvalue weighted by Crippen LogP contribution is 2.29. The Bertz CT molecular complexity index is 635. The van der Waals surface area contributed by atoms with E-state index in [0.29, 0.717) is 23.3 Å². The predicted octanol–water partition coefficient (Wildman–Crippen LogP) is 3.44. The second kappa shape index (κ2) is 5.97. The number of carbonyl (C=O) groups excluding carboxylic acids is 1. The first kappa shape index (κ1) is 13.7. The lowest BCUT2D eigenvalue weighted by molar-refractivity contribution is -0.384. The number of carbonyl (C=O) groups is 1. The van der Waals surface area contributed by atoms with E-state index in [2.05, 4.69) is 0 Å². The van der Waals surface area contributed by atoms with Crippen molar-refractivity contribution in [2.45, 2.75) is 6.92 Å². The third-order valence-corrected chi connectivity index (χ3v) is 2.81. The van der Waals surface area contributed by atoms with Gasteiger partial charge in [-0.15, -0.1) is 0 Å². The van der Waals surface area contributed by atoms with Crippen LogP contribution in [0.3, 0.4) is 0 Å².